The number of pyridine rings is 2. The van der Waals surface area contributed by atoms with E-state index in [4.69, 9.17) is 0 Å². The number of carbonyl (C=O) groups is 1. The third kappa shape index (κ3) is 3.30. The lowest BCUT2D eigenvalue weighted by Crippen LogP contribution is -2.39. The number of fused-ring (bicyclic) bond motifs is 1. The molecule has 0 aliphatic rings. The Morgan fingerprint density at radius 1 is 1.00 bits per heavy atom. The van der Waals surface area contributed by atoms with E-state index in [9.17, 15) is 14.4 Å². The van der Waals surface area contributed by atoms with Crippen LogP contribution in [0.15, 0.2) is 76.7 Å². The van der Waals surface area contributed by atoms with Crippen molar-refractivity contribution in [2.75, 3.05) is 5.32 Å². The van der Waals surface area contributed by atoms with E-state index >= 15 is 0 Å². The summed E-state index contributed by atoms with van der Waals surface area (Å²) in [6, 6.07) is 14.2. The SMILES string of the molecule is O=C(Nc1cccc2cccnc12)c1c[nH]c(=O)n(Cc2ccccn2)c1=O. The van der Waals surface area contributed by atoms with Crippen LogP contribution in [0.5, 0.6) is 0 Å². The van der Waals surface area contributed by atoms with Crippen molar-refractivity contribution < 1.29 is 4.79 Å². The summed E-state index contributed by atoms with van der Waals surface area (Å²) in [4.78, 5) is 48.3. The van der Waals surface area contributed by atoms with E-state index in [0.29, 0.717) is 16.9 Å². The maximum absolute atomic E-state index is 12.7. The van der Waals surface area contributed by atoms with Gasteiger partial charge in [0.15, 0.2) is 0 Å². The molecule has 2 N–H and O–H groups in total. The molecule has 0 bridgehead atoms. The van der Waals surface area contributed by atoms with E-state index in [1.165, 1.54) is 0 Å². The van der Waals surface area contributed by atoms with Crippen molar-refractivity contribution >= 4 is 22.5 Å². The largest absolute Gasteiger partial charge is 0.328 e. The lowest BCUT2D eigenvalue weighted by atomic mass is 10.2. The maximum Gasteiger partial charge on any atom is 0.328 e. The minimum Gasteiger partial charge on any atom is -0.320 e. The molecule has 8 nitrogen and oxygen atoms in total. The molecule has 138 valence electrons. The molecule has 0 unspecified atom stereocenters. The number of aromatic amines is 1. The van der Waals surface area contributed by atoms with Crippen molar-refractivity contribution in [1.29, 1.82) is 0 Å². The molecule has 1 aromatic carbocycles. The van der Waals surface area contributed by atoms with Crippen LogP contribution < -0.4 is 16.6 Å². The van der Waals surface area contributed by atoms with Gasteiger partial charge in [0.1, 0.15) is 5.56 Å². The lowest BCUT2D eigenvalue weighted by molar-refractivity contribution is 0.102. The van der Waals surface area contributed by atoms with Gasteiger partial charge in [-0.3, -0.25) is 24.1 Å². The Morgan fingerprint density at radius 2 is 1.82 bits per heavy atom. The molecule has 3 aromatic heterocycles. The van der Waals surface area contributed by atoms with Crippen molar-refractivity contribution in [3.05, 3.63) is 99.2 Å². The van der Waals surface area contributed by atoms with Gasteiger partial charge < -0.3 is 10.3 Å². The molecule has 1 amide bonds. The Labute approximate surface area is 158 Å². The second-order valence-corrected chi connectivity index (χ2v) is 6.05. The summed E-state index contributed by atoms with van der Waals surface area (Å²) >= 11 is 0. The number of H-pyrrole nitrogens is 1. The van der Waals surface area contributed by atoms with E-state index in [0.717, 1.165) is 16.2 Å². The van der Waals surface area contributed by atoms with Crippen LogP contribution in [0.25, 0.3) is 10.9 Å². The first-order chi connectivity index (χ1) is 13.6. The average Bonchev–Trinajstić information content (AvgIpc) is 2.72. The van der Waals surface area contributed by atoms with Crippen LogP contribution in [0, 0.1) is 0 Å². The van der Waals surface area contributed by atoms with Gasteiger partial charge in [0, 0.05) is 24.0 Å². The molecule has 0 fully saturated rings. The standard InChI is InChI=1S/C20H15N5O3/c26-18(24-16-8-3-5-13-6-4-10-22-17(13)16)15-11-23-20(28)25(19(15)27)12-14-7-1-2-9-21-14/h1-11H,12H2,(H,23,28)(H,24,26). The number of carbonyl (C=O) groups excluding carboxylic acids is 1. The number of anilines is 1. The van der Waals surface area contributed by atoms with Crippen molar-refractivity contribution in [2.24, 2.45) is 0 Å². The zero-order valence-electron chi connectivity index (χ0n) is 14.6. The molecule has 0 aliphatic carbocycles. The van der Waals surface area contributed by atoms with Crippen LogP contribution >= 0.6 is 0 Å². The average molecular weight is 373 g/mol. The fraction of sp³-hybridized carbons (Fsp3) is 0.0500. The molecular formula is C20H15N5O3. The number of rotatable bonds is 4. The van der Waals surface area contributed by atoms with Crippen molar-refractivity contribution in [2.45, 2.75) is 6.54 Å². The van der Waals surface area contributed by atoms with Gasteiger partial charge in [-0.25, -0.2) is 4.79 Å². The van der Waals surface area contributed by atoms with Gasteiger partial charge >= 0.3 is 5.69 Å². The molecule has 0 spiro atoms. The van der Waals surface area contributed by atoms with Crippen LogP contribution in [0.1, 0.15) is 16.1 Å². The van der Waals surface area contributed by atoms with E-state index in [1.807, 2.05) is 12.1 Å². The van der Waals surface area contributed by atoms with E-state index in [2.05, 4.69) is 20.3 Å². The zero-order valence-corrected chi connectivity index (χ0v) is 14.6. The highest BCUT2D eigenvalue weighted by Crippen LogP contribution is 2.20. The number of hydrogen-bond acceptors (Lipinski definition) is 5. The van der Waals surface area contributed by atoms with Gasteiger partial charge in [0.05, 0.1) is 23.4 Å². The first kappa shape index (κ1) is 17.3. The molecule has 4 aromatic rings. The van der Waals surface area contributed by atoms with Crippen molar-refractivity contribution in [3.63, 3.8) is 0 Å². The van der Waals surface area contributed by atoms with Gasteiger partial charge in [-0.05, 0) is 24.3 Å². The zero-order chi connectivity index (χ0) is 19.5. The van der Waals surface area contributed by atoms with Gasteiger partial charge in [-0.15, -0.1) is 0 Å². The van der Waals surface area contributed by atoms with Gasteiger partial charge in [0.2, 0.25) is 0 Å². The molecular weight excluding hydrogens is 358 g/mol. The first-order valence-corrected chi connectivity index (χ1v) is 8.51. The van der Waals surface area contributed by atoms with E-state index in [1.54, 1.807) is 48.8 Å². The number of aromatic nitrogens is 4. The fourth-order valence-electron chi connectivity index (χ4n) is 2.87. The first-order valence-electron chi connectivity index (χ1n) is 8.51. The van der Waals surface area contributed by atoms with Crippen LogP contribution in [0.3, 0.4) is 0 Å². The van der Waals surface area contributed by atoms with Crippen molar-refractivity contribution in [3.8, 4) is 0 Å². The monoisotopic (exact) mass is 373 g/mol. The van der Waals surface area contributed by atoms with Crippen LogP contribution in [0.2, 0.25) is 0 Å². The molecule has 4 rings (SSSR count). The summed E-state index contributed by atoms with van der Waals surface area (Å²) < 4.78 is 0.943. The number of hydrogen-bond donors (Lipinski definition) is 2. The van der Waals surface area contributed by atoms with E-state index in [-0.39, 0.29) is 12.1 Å². The quantitative estimate of drug-likeness (QED) is 0.567. The Morgan fingerprint density at radius 3 is 2.64 bits per heavy atom. The lowest BCUT2D eigenvalue weighted by Gasteiger charge is -2.09. The smallest absolute Gasteiger partial charge is 0.320 e. The predicted molar refractivity (Wildman–Crippen MR) is 104 cm³/mol. The van der Waals surface area contributed by atoms with Gasteiger partial charge in [-0.2, -0.15) is 0 Å². The second-order valence-electron chi connectivity index (χ2n) is 6.05. The van der Waals surface area contributed by atoms with Gasteiger partial charge in [-0.1, -0.05) is 24.3 Å². The Bertz CT molecular complexity index is 1270. The number of amides is 1. The third-order valence-electron chi connectivity index (χ3n) is 4.23. The van der Waals surface area contributed by atoms with Gasteiger partial charge in [0.25, 0.3) is 11.5 Å². The molecule has 28 heavy (non-hydrogen) atoms. The summed E-state index contributed by atoms with van der Waals surface area (Å²) in [5.41, 5.74) is 0.134. The molecule has 0 radical (unpaired) electrons. The molecule has 0 saturated carbocycles. The summed E-state index contributed by atoms with van der Waals surface area (Å²) in [6.45, 7) is -0.0358. The Hall–Kier alpha value is -4.07. The topological polar surface area (TPSA) is 110 Å². The Kier molecular flexibility index (Phi) is 4.51. The highest BCUT2D eigenvalue weighted by Gasteiger charge is 2.16. The molecule has 0 saturated heterocycles. The van der Waals surface area contributed by atoms with Crippen LogP contribution in [0.4, 0.5) is 5.69 Å². The molecule has 0 aliphatic heterocycles. The summed E-state index contributed by atoms with van der Waals surface area (Å²) in [5, 5.41) is 3.56. The summed E-state index contributed by atoms with van der Waals surface area (Å²) in [6.07, 6.45) is 4.31. The predicted octanol–water partition coefficient (Wildman–Crippen LogP) is 1.78. The number of nitrogens with zero attached hydrogens (tertiary/aromatic N) is 3. The molecule has 0 atom stereocenters. The normalized spacial score (nSPS) is 10.7. The van der Waals surface area contributed by atoms with Crippen LogP contribution in [-0.2, 0) is 6.54 Å². The summed E-state index contributed by atoms with van der Waals surface area (Å²) in [7, 11) is 0. The van der Waals surface area contributed by atoms with E-state index < -0.39 is 17.2 Å². The molecule has 3 heterocycles. The third-order valence-corrected chi connectivity index (χ3v) is 4.23. The highest BCUT2D eigenvalue weighted by molar-refractivity contribution is 6.07. The van der Waals surface area contributed by atoms with Crippen molar-refractivity contribution in [1.82, 2.24) is 19.5 Å². The number of nitrogens with one attached hydrogen (secondary N) is 2. The van der Waals surface area contributed by atoms with Crippen LogP contribution in [-0.4, -0.2) is 25.4 Å². The Balaban J connectivity index is 1.69. The minimum atomic E-state index is -0.694. The minimum absolute atomic E-state index is 0.0358. The highest BCUT2D eigenvalue weighted by atomic mass is 16.2. The maximum atomic E-state index is 12.7. The second kappa shape index (κ2) is 7.28. The summed E-state index contributed by atoms with van der Waals surface area (Å²) in [5.74, 6) is -0.630. The molecule has 8 heteroatoms. The number of benzene rings is 1. The number of para-hydroxylation sites is 1. The fourth-order valence-corrected chi connectivity index (χ4v) is 2.87.